The highest BCUT2D eigenvalue weighted by molar-refractivity contribution is 5.48. The quantitative estimate of drug-likeness (QED) is 0.693. The van der Waals surface area contributed by atoms with Crippen molar-refractivity contribution in [2.24, 2.45) is 0 Å². The Labute approximate surface area is 116 Å². The van der Waals surface area contributed by atoms with Gasteiger partial charge in [0.15, 0.2) is 0 Å². The van der Waals surface area contributed by atoms with Crippen molar-refractivity contribution in [3.63, 3.8) is 0 Å². The predicted octanol–water partition coefficient (Wildman–Crippen LogP) is 2.20. The van der Waals surface area contributed by atoms with Crippen molar-refractivity contribution >= 4 is 5.82 Å². The molecular formula is C15H25N3O. The Hall–Kier alpha value is -1.13. The molecule has 0 radical (unpaired) electrons. The summed E-state index contributed by atoms with van der Waals surface area (Å²) in [6.45, 7) is 5.82. The molecule has 0 amide bonds. The number of pyridine rings is 1. The lowest BCUT2D eigenvalue weighted by Crippen LogP contribution is -2.29. The highest BCUT2D eigenvalue weighted by atomic mass is 16.5. The van der Waals surface area contributed by atoms with Gasteiger partial charge in [-0.3, -0.25) is 0 Å². The molecule has 1 aromatic rings. The SMILES string of the molecule is CCCN(c1ncccc1CNCCOC)C1CC1. The molecule has 2 rings (SSSR count). The molecule has 1 fully saturated rings. The van der Waals surface area contributed by atoms with Crippen LogP contribution in [0.5, 0.6) is 0 Å². The van der Waals surface area contributed by atoms with Crippen LogP contribution in [0.15, 0.2) is 18.3 Å². The number of aromatic nitrogens is 1. The minimum absolute atomic E-state index is 0.715. The first kappa shape index (κ1) is 14.3. The first-order valence-electron chi connectivity index (χ1n) is 7.27. The molecule has 0 spiro atoms. The summed E-state index contributed by atoms with van der Waals surface area (Å²) in [5.74, 6) is 1.16. The van der Waals surface area contributed by atoms with E-state index >= 15 is 0 Å². The average molecular weight is 263 g/mol. The summed E-state index contributed by atoms with van der Waals surface area (Å²) in [4.78, 5) is 7.09. The normalized spacial score (nSPS) is 14.6. The van der Waals surface area contributed by atoms with E-state index in [2.05, 4.69) is 28.2 Å². The minimum Gasteiger partial charge on any atom is -0.383 e. The molecule has 1 heterocycles. The van der Waals surface area contributed by atoms with Crippen LogP contribution in [0.3, 0.4) is 0 Å². The fraction of sp³-hybridized carbons (Fsp3) is 0.667. The van der Waals surface area contributed by atoms with Gasteiger partial charge >= 0.3 is 0 Å². The van der Waals surface area contributed by atoms with Gasteiger partial charge in [0.1, 0.15) is 5.82 Å². The Morgan fingerprint density at radius 1 is 1.47 bits per heavy atom. The number of nitrogens with zero attached hydrogens (tertiary/aromatic N) is 2. The number of ether oxygens (including phenoxy) is 1. The highest BCUT2D eigenvalue weighted by Gasteiger charge is 2.30. The van der Waals surface area contributed by atoms with Crippen molar-refractivity contribution in [3.05, 3.63) is 23.9 Å². The van der Waals surface area contributed by atoms with E-state index in [4.69, 9.17) is 4.74 Å². The molecule has 0 unspecified atom stereocenters. The van der Waals surface area contributed by atoms with Gasteiger partial charge in [-0.2, -0.15) is 0 Å². The van der Waals surface area contributed by atoms with E-state index in [9.17, 15) is 0 Å². The smallest absolute Gasteiger partial charge is 0.133 e. The van der Waals surface area contributed by atoms with Gasteiger partial charge in [0, 0.05) is 44.5 Å². The molecule has 106 valence electrons. The zero-order chi connectivity index (χ0) is 13.5. The van der Waals surface area contributed by atoms with E-state index in [1.54, 1.807) is 7.11 Å². The van der Waals surface area contributed by atoms with Gasteiger partial charge in [-0.05, 0) is 25.3 Å². The molecule has 1 saturated carbocycles. The zero-order valence-corrected chi connectivity index (χ0v) is 12.1. The molecular weight excluding hydrogens is 238 g/mol. The second kappa shape index (κ2) is 7.46. The van der Waals surface area contributed by atoms with E-state index in [0.717, 1.165) is 32.1 Å². The van der Waals surface area contributed by atoms with Gasteiger partial charge in [0.05, 0.1) is 6.61 Å². The number of hydrogen-bond acceptors (Lipinski definition) is 4. The molecule has 0 atom stereocenters. The molecule has 19 heavy (non-hydrogen) atoms. The molecule has 1 aromatic heterocycles. The molecule has 0 aliphatic heterocycles. The zero-order valence-electron chi connectivity index (χ0n) is 12.1. The lowest BCUT2D eigenvalue weighted by molar-refractivity contribution is 0.199. The van der Waals surface area contributed by atoms with Crippen LogP contribution < -0.4 is 10.2 Å². The maximum absolute atomic E-state index is 5.06. The monoisotopic (exact) mass is 263 g/mol. The summed E-state index contributed by atoms with van der Waals surface area (Å²) in [6.07, 6.45) is 5.70. The Morgan fingerprint density at radius 2 is 2.32 bits per heavy atom. The van der Waals surface area contributed by atoms with E-state index in [1.165, 1.54) is 24.8 Å². The fourth-order valence-corrected chi connectivity index (χ4v) is 2.31. The van der Waals surface area contributed by atoms with Gasteiger partial charge < -0.3 is 15.0 Å². The molecule has 0 aromatic carbocycles. The van der Waals surface area contributed by atoms with E-state index in [-0.39, 0.29) is 0 Å². The first-order valence-corrected chi connectivity index (χ1v) is 7.27. The van der Waals surface area contributed by atoms with Gasteiger partial charge in [0.2, 0.25) is 0 Å². The van der Waals surface area contributed by atoms with E-state index in [1.807, 2.05) is 12.3 Å². The molecule has 1 aliphatic rings. The molecule has 0 bridgehead atoms. The second-order valence-electron chi connectivity index (χ2n) is 5.08. The van der Waals surface area contributed by atoms with Crippen LogP contribution >= 0.6 is 0 Å². The summed E-state index contributed by atoms with van der Waals surface area (Å²) in [5.41, 5.74) is 1.29. The topological polar surface area (TPSA) is 37.4 Å². The van der Waals surface area contributed by atoms with Crippen LogP contribution in [0, 0.1) is 0 Å². The first-order chi connectivity index (χ1) is 9.36. The van der Waals surface area contributed by atoms with Crippen molar-refractivity contribution in [3.8, 4) is 0 Å². The molecule has 4 heteroatoms. The summed E-state index contributed by atoms with van der Waals surface area (Å²) in [5, 5.41) is 3.41. The van der Waals surface area contributed by atoms with Crippen molar-refractivity contribution in [2.45, 2.75) is 38.8 Å². The number of nitrogens with one attached hydrogen (secondary N) is 1. The maximum atomic E-state index is 5.06. The Balaban J connectivity index is 2.01. The molecule has 1 N–H and O–H groups in total. The van der Waals surface area contributed by atoms with Crippen LogP contribution in [0.1, 0.15) is 31.7 Å². The Morgan fingerprint density at radius 3 is 3.00 bits per heavy atom. The van der Waals surface area contributed by atoms with Gasteiger partial charge in [-0.15, -0.1) is 0 Å². The highest BCUT2D eigenvalue weighted by Crippen LogP contribution is 2.32. The van der Waals surface area contributed by atoms with Crippen LogP contribution in [-0.2, 0) is 11.3 Å². The van der Waals surface area contributed by atoms with Crippen LogP contribution in [0.25, 0.3) is 0 Å². The fourth-order valence-electron chi connectivity index (χ4n) is 2.31. The Bertz CT molecular complexity index is 379. The summed E-state index contributed by atoms with van der Waals surface area (Å²) < 4.78 is 5.06. The van der Waals surface area contributed by atoms with Gasteiger partial charge in [-0.25, -0.2) is 4.98 Å². The molecule has 4 nitrogen and oxygen atoms in total. The summed E-state index contributed by atoms with van der Waals surface area (Å²) >= 11 is 0. The van der Waals surface area contributed by atoms with Crippen LogP contribution in [0.2, 0.25) is 0 Å². The van der Waals surface area contributed by atoms with E-state index in [0.29, 0.717) is 6.04 Å². The Kier molecular flexibility index (Phi) is 5.61. The standard InChI is InChI=1S/C15H25N3O/c1-3-10-18(14-6-7-14)15-13(5-4-8-17-15)12-16-9-11-19-2/h4-5,8,14,16H,3,6-7,9-12H2,1-2H3. The minimum atomic E-state index is 0.715. The summed E-state index contributed by atoms with van der Waals surface area (Å²) in [6, 6.07) is 4.91. The number of hydrogen-bond donors (Lipinski definition) is 1. The number of methoxy groups -OCH3 is 1. The average Bonchev–Trinajstić information content (AvgIpc) is 3.26. The van der Waals surface area contributed by atoms with Gasteiger partial charge in [-0.1, -0.05) is 13.0 Å². The third-order valence-corrected chi connectivity index (χ3v) is 3.39. The lowest BCUT2D eigenvalue weighted by atomic mass is 10.2. The molecule has 1 aliphatic carbocycles. The largest absolute Gasteiger partial charge is 0.383 e. The van der Waals surface area contributed by atoms with Crippen molar-refractivity contribution in [1.82, 2.24) is 10.3 Å². The third-order valence-electron chi connectivity index (χ3n) is 3.39. The second-order valence-corrected chi connectivity index (χ2v) is 5.08. The van der Waals surface area contributed by atoms with Crippen molar-refractivity contribution in [1.29, 1.82) is 0 Å². The predicted molar refractivity (Wildman–Crippen MR) is 78.5 cm³/mol. The molecule has 0 saturated heterocycles. The number of rotatable bonds is 9. The van der Waals surface area contributed by atoms with Crippen molar-refractivity contribution in [2.75, 3.05) is 31.7 Å². The van der Waals surface area contributed by atoms with Gasteiger partial charge in [0.25, 0.3) is 0 Å². The van der Waals surface area contributed by atoms with Crippen LogP contribution in [0.4, 0.5) is 5.82 Å². The lowest BCUT2D eigenvalue weighted by Gasteiger charge is -2.25. The third kappa shape index (κ3) is 4.18. The van der Waals surface area contributed by atoms with Crippen LogP contribution in [-0.4, -0.2) is 37.8 Å². The number of anilines is 1. The summed E-state index contributed by atoms with van der Waals surface area (Å²) in [7, 11) is 1.73. The maximum Gasteiger partial charge on any atom is 0.133 e. The van der Waals surface area contributed by atoms with Crippen molar-refractivity contribution < 1.29 is 4.74 Å². The van der Waals surface area contributed by atoms with E-state index < -0.39 is 0 Å².